The zero-order valence-electron chi connectivity index (χ0n) is 16.7. The molecule has 0 bridgehead atoms. The van der Waals surface area contributed by atoms with Crippen molar-refractivity contribution in [3.63, 3.8) is 0 Å². The van der Waals surface area contributed by atoms with E-state index < -0.39 is 36.8 Å². The number of halogens is 1. The lowest BCUT2D eigenvalue weighted by molar-refractivity contribution is -0.314. The summed E-state index contributed by atoms with van der Waals surface area (Å²) in [6, 6.07) is 12.1. The first-order chi connectivity index (χ1) is 14.2. The molecule has 0 spiro atoms. The molecular formula is C22H25ClO7. The second kappa shape index (κ2) is 9.01. The maximum atomic E-state index is 12.0. The minimum atomic E-state index is -1.96. The Bertz CT molecular complexity index is 914. The maximum absolute atomic E-state index is 12.0. The average molecular weight is 437 g/mol. The van der Waals surface area contributed by atoms with E-state index in [1.807, 2.05) is 6.07 Å². The van der Waals surface area contributed by atoms with Crippen LogP contribution in [0.25, 0.3) is 11.1 Å². The number of aliphatic hydroxyl groups is 4. The summed E-state index contributed by atoms with van der Waals surface area (Å²) < 4.78 is 11.2. The molecule has 0 amide bonds. The first-order valence-corrected chi connectivity index (χ1v) is 10.0. The van der Waals surface area contributed by atoms with Crippen LogP contribution >= 0.6 is 11.6 Å². The first kappa shape index (κ1) is 22.7. The highest BCUT2D eigenvalue weighted by atomic mass is 35.5. The van der Waals surface area contributed by atoms with Crippen LogP contribution in [0, 0.1) is 0 Å². The van der Waals surface area contributed by atoms with Gasteiger partial charge in [-0.3, -0.25) is 4.79 Å². The first-order valence-electron chi connectivity index (χ1n) is 9.64. The highest BCUT2D eigenvalue weighted by Crippen LogP contribution is 2.39. The van der Waals surface area contributed by atoms with E-state index in [0.29, 0.717) is 23.1 Å². The van der Waals surface area contributed by atoms with Gasteiger partial charge in [0.2, 0.25) is 6.29 Å². The number of hydrogen-bond donors (Lipinski definition) is 4. The summed E-state index contributed by atoms with van der Waals surface area (Å²) in [6.07, 6.45) is -5.23. The standard InChI is InChI=1S/C22H25ClO7/c1-3-15(25)13-7-4-6-12(10-13)14-8-5-9-16(18(14)23)29-21-22(2,28)20(27)19(26)17(11-24)30-21/h4-10,17,19-21,24,26-28H,3,11H2,1-2H3/t17-,19-,20+,21+,22+/m1/s1. The molecule has 1 fully saturated rings. The average Bonchev–Trinajstić information content (AvgIpc) is 2.75. The normalized spacial score (nSPS) is 28.9. The van der Waals surface area contributed by atoms with E-state index in [2.05, 4.69) is 0 Å². The van der Waals surface area contributed by atoms with Gasteiger partial charge in [0, 0.05) is 17.5 Å². The lowest BCUT2D eigenvalue weighted by Crippen LogP contribution is -2.66. The van der Waals surface area contributed by atoms with Crippen molar-refractivity contribution in [2.45, 2.75) is 50.5 Å². The highest BCUT2D eigenvalue weighted by Gasteiger charge is 2.53. The van der Waals surface area contributed by atoms with Gasteiger partial charge in [-0.25, -0.2) is 0 Å². The number of carbonyl (C=O) groups is 1. The summed E-state index contributed by atoms with van der Waals surface area (Å²) in [4.78, 5) is 12.0. The van der Waals surface area contributed by atoms with Crippen molar-refractivity contribution in [3.8, 4) is 16.9 Å². The van der Waals surface area contributed by atoms with Crippen molar-refractivity contribution < 1.29 is 34.7 Å². The number of Topliss-reactive ketones (excluding diaryl/α,β-unsaturated/α-hetero) is 1. The van der Waals surface area contributed by atoms with E-state index in [1.165, 1.54) is 6.92 Å². The van der Waals surface area contributed by atoms with Gasteiger partial charge in [-0.1, -0.05) is 48.9 Å². The van der Waals surface area contributed by atoms with Gasteiger partial charge in [0.05, 0.1) is 11.6 Å². The molecule has 8 heteroatoms. The molecule has 7 nitrogen and oxygen atoms in total. The van der Waals surface area contributed by atoms with E-state index in [0.717, 1.165) is 0 Å². The van der Waals surface area contributed by atoms with Crippen LogP contribution in [0.1, 0.15) is 30.6 Å². The SMILES string of the molecule is CCC(=O)c1cccc(-c2cccc(O[C@H]3O[C@H](CO)[C@@H](O)[C@H](O)[C@]3(C)O)c2Cl)c1. The number of ether oxygens (including phenoxy) is 2. The molecule has 1 aliphatic heterocycles. The predicted molar refractivity (Wildman–Crippen MR) is 111 cm³/mol. The Kier molecular flexibility index (Phi) is 6.81. The van der Waals surface area contributed by atoms with Gasteiger partial charge >= 0.3 is 0 Å². The van der Waals surface area contributed by atoms with Gasteiger partial charge in [0.1, 0.15) is 24.1 Å². The topological polar surface area (TPSA) is 116 Å². The summed E-state index contributed by atoms with van der Waals surface area (Å²) in [5.41, 5.74) is -0.0732. The molecule has 1 saturated heterocycles. The largest absolute Gasteiger partial charge is 0.460 e. The van der Waals surface area contributed by atoms with Gasteiger partial charge in [-0.15, -0.1) is 0 Å². The van der Waals surface area contributed by atoms with Crippen LogP contribution < -0.4 is 4.74 Å². The molecule has 1 aliphatic rings. The third kappa shape index (κ3) is 4.23. The third-order valence-electron chi connectivity index (χ3n) is 5.27. The Hall–Kier alpha value is -2.00. The van der Waals surface area contributed by atoms with Gasteiger partial charge in [0.25, 0.3) is 0 Å². The van der Waals surface area contributed by atoms with Crippen LogP contribution in [0.15, 0.2) is 42.5 Å². The maximum Gasteiger partial charge on any atom is 0.231 e. The van der Waals surface area contributed by atoms with Crippen molar-refractivity contribution in [1.29, 1.82) is 0 Å². The molecule has 0 radical (unpaired) electrons. The Balaban J connectivity index is 1.93. The minimum Gasteiger partial charge on any atom is -0.460 e. The van der Waals surface area contributed by atoms with Gasteiger partial charge < -0.3 is 29.9 Å². The third-order valence-corrected chi connectivity index (χ3v) is 5.66. The van der Waals surface area contributed by atoms with Gasteiger partial charge in [0.15, 0.2) is 11.4 Å². The van der Waals surface area contributed by atoms with E-state index in [1.54, 1.807) is 43.3 Å². The molecule has 5 atom stereocenters. The number of hydrogen-bond acceptors (Lipinski definition) is 7. The second-order valence-electron chi connectivity index (χ2n) is 7.44. The molecule has 0 aromatic heterocycles. The molecule has 0 unspecified atom stereocenters. The lowest BCUT2D eigenvalue weighted by atomic mass is 9.88. The monoisotopic (exact) mass is 436 g/mol. The summed E-state index contributed by atoms with van der Waals surface area (Å²) in [7, 11) is 0. The molecule has 30 heavy (non-hydrogen) atoms. The molecule has 3 rings (SSSR count). The van der Waals surface area contributed by atoms with E-state index in [9.17, 15) is 25.2 Å². The molecule has 2 aromatic rings. The quantitative estimate of drug-likeness (QED) is 0.513. The highest BCUT2D eigenvalue weighted by molar-refractivity contribution is 6.34. The Morgan fingerprint density at radius 3 is 2.60 bits per heavy atom. The van der Waals surface area contributed by atoms with E-state index in [4.69, 9.17) is 21.1 Å². The lowest BCUT2D eigenvalue weighted by Gasteiger charge is -2.45. The zero-order valence-corrected chi connectivity index (χ0v) is 17.4. The Morgan fingerprint density at radius 2 is 1.93 bits per heavy atom. The minimum absolute atomic E-state index is 0.00891. The van der Waals surface area contributed by atoms with Crippen LogP contribution in [-0.2, 0) is 4.74 Å². The summed E-state index contributed by atoms with van der Waals surface area (Å²) >= 11 is 6.55. The van der Waals surface area contributed by atoms with Crippen LogP contribution in [0.2, 0.25) is 5.02 Å². The Labute approximate surface area is 179 Å². The molecule has 162 valence electrons. The van der Waals surface area contributed by atoms with Crippen LogP contribution in [0.4, 0.5) is 0 Å². The number of benzene rings is 2. The molecular weight excluding hydrogens is 412 g/mol. The molecule has 2 aromatic carbocycles. The summed E-state index contributed by atoms with van der Waals surface area (Å²) in [6.45, 7) is 2.48. The molecule has 4 N–H and O–H groups in total. The fraction of sp³-hybridized carbons (Fsp3) is 0.409. The number of rotatable bonds is 6. The van der Waals surface area contributed by atoms with Crippen LogP contribution in [0.3, 0.4) is 0 Å². The van der Waals surface area contributed by atoms with Crippen LogP contribution in [-0.4, -0.2) is 63.0 Å². The zero-order chi connectivity index (χ0) is 22.1. The second-order valence-corrected chi connectivity index (χ2v) is 7.82. The van der Waals surface area contributed by atoms with Crippen LogP contribution in [0.5, 0.6) is 5.75 Å². The molecule has 0 saturated carbocycles. The predicted octanol–water partition coefficient (Wildman–Crippen LogP) is 2.17. The number of carbonyl (C=O) groups excluding carboxylic acids is 1. The van der Waals surface area contributed by atoms with Crippen molar-refractivity contribution in [2.75, 3.05) is 6.61 Å². The van der Waals surface area contributed by atoms with E-state index >= 15 is 0 Å². The molecule has 0 aliphatic carbocycles. The summed E-state index contributed by atoms with van der Waals surface area (Å²) in [5.74, 6) is 0.182. The molecule has 1 heterocycles. The fourth-order valence-electron chi connectivity index (χ4n) is 3.37. The summed E-state index contributed by atoms with van der Waals surface area (Å²) in [5, 5.41) is 40.5. The number of aliphatic hydroxyl groups excluding tert-OH is 3. The Morgan fingerprint density at radius 1 is 1.23 bits per heavy atom. The van der Waals surface area contributed by atoms with Crippen molar-refractivity contribution in [1.82, 2.24) is 0 Å². The van der Waals surface area contributed by atoms with Gasteiger partial charge in [-0.05, 0) is 24.6 Å². The fourth-order valence-corrected chi connectivity index (χ4v) is 3.65. The van der Waals surface area contributed by atoms with Crippen molar-refractivity contribution in [2.24, 2.45) is 0 Å². The van der Waals surface area contributed by atoms with E-state index in [-0.39, 0.29) is 16.6 Å². The van der Waals surface area contributed by atoms with Crippen molar-refractivity contribution in [3.05, 3.63) is 53.1 Å². The smallest absolute Gasteiger partial charge is 0.231 e. The van der Waals surface area contributed by atoms with Gasteiger partial charge in [-0.2, -0.15) is 0 Å². The van der Waals surface area contributed by atoms with Crippen molar-refractivity contribution >= 4 is 17.4 Å². The number of ketones is 1.